The Kier molecular flexibility index (Phi) is 15.9. The number of aldehydes is 1. The quantitative estimate of drug-likeness (QED) is 0.192. The van der Waals surface area contributed by atoms with Gasteiger partial charge in [0.25, 0.3) is 0 Å². The molecule has 0 heterocycles. The second-order valence-electron chi connectivity index (χ2n) is 6.81. The smallest absolute Gasteiger partial charge is 0.306 e. The highest BCUT2D eigenvalue weighted by Crippen LogP contribution is 2.18. The molecule has 0 aliphatic carbocycles. The third-order valence-corrected chi connectivity index (χ3v) is 4.73. The lowest BCUT2D eigenvalue weighted by Gasteiger charge is -2.09. The number of aliphatic carboxylic acids is 1. The summed E-state index contributed by atoms with van der Waals surface area (Å²) in [4.78, 5) is 21.4. The van der Waals surface area contributed by atoms with Crippen LogP contribution in [0.1, 0.15) is 104 Å². The monoisotopic (exact) mass is 338 g/mol. The van der Waals surface area contributed by atoms with E-state index >= 15 is 0 Å². The van der Waals surface area contributed by atoms with Crippen molar-refractivity contribution >= 4 is 12.3 Å². The van der Waals surface area contributed by atoms with Crippen molar-refractivity contribution in [3.05, 3.63) is 11.6 Å². The third-order valence-electron chi connectivity index (χ3n) is 4.73. The minimum absolute atomic E-state index is 0.147. The molecule has 0 aliphatic heterocycles. The van der Waals surface area contributed by atoms with Crippen molar-refractivity contribution in [3.8, 4) is 0 Å². The zero-order valence-corrected chi connectivity index (χ0v) is 15.9. The van der Waals surface area contributed by atoms with Crippen LogP contribution in [0.3, 0.4) is 0 Å². The van der Waals surface area contributed by atoms with E-state index in [4.69, 9.17) is 5.11 Å². The van der Waals surface area contributed by atoms with Crippen LogP contribution in [0.4, 0.5) is 0 Å². The molecule has 0 amide bonds. The van der Waals surface area contributed by atoms with Gasteiger partial charge in [0, 0.05) is 6.42 Å². The van der Waals surface area contributed by atoms with E-state index in [0.717, 1.165) is 38.4 Å². The Morgan fingerprint density at radius 1 is 0.958 bits per heavy atom. The van der Waals surface area contributed by atoms with Gasteiger partial charge in [0.15, 0.2) is 0 Å². The van der Waals surface area contributed by atoms with Crippen molar-refractivity contribution in [2.24, 2.45) is 5.92 Å². The van der Waals surface area contributed by atoms with E-state index in [2.05, 4.69) is 19.9 Å². The first kappa shape index (κ1) is 22.9. The maximum Gasteiger partial charge on any atom is 0.306 e. The molecular formula is C21H38O3. The Labute approximate surface area is 148 Å². The van der Waals surface area contributed by atoms with Gasteiger partial charge in [0.05, 0.1) is 5.92 Å². The van der Waals surface area contributed by atoms with Crippen molar-refractivity contribution in [2.75, 3.05) is 0 Å². The molecule has 3 nitrogen and oxygen atoms in total. The minimum Gasteiger partial charge on any atom is -0.481 e. The van der Waals surface area contributed by atoms with E-state index in [1.165, 1.54) is 44.9 Å². The number of carbonyl (C=O) groups excluding carboxylic acids is 1. The van der Waals surface area contributed by atoms with Crippen LogP contribution in [-0.4, -0.2) is 17.4 Å². The molecule has 0 aromatic rings. The van der Waals surface area contributed by atoms with Crippen molar-refractivity contribution < 1.29 is 14.7 Å². The summed E-state index contributed by atoms with van der Waals surface area (Å²) in [5, 5.41) is 9.01. The predicted molar refractivity (Wildman–Crippen MR) is 101 cm³/mol. The highest BCUT2D eigenvalue weighted by atomic mass is 16.4. The van der Waals surface area contributed by atoms with E-state index in [-0.39, 0.29) is 6.42 Å². The van der Waals surface area contributed by atoms with Crippen LogP contribution in [-0.2, 0) is 9.59 Å². The molecule has 0 saturated carbocycles. The van der Waals surface area contributed by atoms with Crippen LogP contribution >= 0.6 is 0 Å². The highest BCUT2D eigenvalue weighted by molar-refractivity contribution is 5.73. The fourth-order valence-electron chi connectivity index (χ4n) is 3.03. The molecule has 0 aromatic heterocycles. The summed E-state index contributed by atoms with van der Waals surface area (Å²) >= 11 is 0. The van der Waals surface area contributed by atoms with Gasteiger partial charge in [-0.1, -0.05) is 70.4 Å². The Balaban J connectivity index is 3.75. The molecule has 140 valence electrons. The van der Waals surface area contributed by atoms with Gasteiger partial charge in [-0.05, 0) is 38.5 Å². The van der Waals surface area contributed by atoms with Gasteiger partial charge in [0.1, 0.15) is 6.29 Å². The van der Waals surface area contributed by atoms with Gasteiger partial charge < -0.3 is 9.90 Å². The molecule has 0 rings (SSSR count). The molecular weight excluding hydrogens is 300 g/mol. The SMILES string of the molecule is CCCCCCCCC=C(CC)CCCCCC(CC=O)C(=O)O. The van der Waals surface area contributed by atoms with Crippen molar-refractivity contribution in [3.63, 3.8) is 0 Å². The lowest BCUT2D eigenvalue weighted by Crippen LogP contribution is -2.13. The fraction of sp³-hybridized carbons (Fsp3) is 0.810. The van der Waals surface area contributed by atoms with E-state index in [9.17, 15) is 9.59 Å². The maximum atomic E-state index is 11.0. The van der Waals surface area contributed by atoms with Crippen LogP contribution in [0.15, 0.2) is 11.6 Å². The van der Waals surface area contributed by atoms with Crippen molar-refractivity contribution in [1.29, 1.82) is 0 Å². The lowest BCUT2D eigenvalue weighted by molar-refractivity contribution is -0.143. The first-order chi connectivity index (χ1) is 11.7. The topological polar surface area (TPSA) is 54.4 Å². The summed E-state index contributed by atoms with van der Waals surface area (Å²) in [7, 11) is 0. The third kappa shape index (κ3) is 13.3. The Hall–Kier alpha value is -1.12. The second-order valence-corrected chi connectivity index (χ2v) is 6.81. The lowest BCUT2D eigenvalue weighted by atomic mass is 9.97. The molecule has 0 fully saturated rings. The first-order valence-electron chi connectivity index (χ1n) is 10.00. The van der Waals surface area contributed by atoms with E-state index in [1.54, 1.807) is 5.57 Å². The summed E-state index contributed by atoms with van der Waals surface area (Å²) in [6.07, 6.45) is 18.5. The molecule has 0 saturated heterocycles. The minimum atomic E-state index is -0.838. The van der Waals surface area contributed by atoms with Crippen molar-refractivity contribution in [1.82, 2.24) is 0 Å². The summed E-state index contributed by atoms with van der Waals surface area (Å²) in [6.45, 7) is 4.47. The van der Waals surface area contributed by atoms with Crippen LogP contribution in [0.2, 0.25) is 0 Å². The van der Waals surface area contributed by atoms with Crippen LogP contribution in [0.25, 0.3) is 0 Å². The molecule has 1 atom stereocenters. The average Bonchev–Trinajstić information content (AvgIpc) is 2.57. The van der Waals surface area contributed by atoms with E-state index in [1.807, 2.05) is 0 Å². The number of allylic oxidation sites excluding steroid dienone is 2. The number of rotatable bonds is 17. The zero-order chi connectivity index (χ0) is 18.0. The van der Waals surface area contributed by atoms with Crippen LogP contribution in [0.5, 0.6) is 0 Å². The van der Waals surface area contributed by atoms with Crippen molar-refractivity contribution in [2.45, 2.75) is 104 Å². The Morgan fingerprint density at radius 2 is 1.62 bits per heavy atom. The summed E-state index contributed by atoms with van der Waals surface area (Å²) < 4.78 is 0. The van der Waals surface area contributed by atoms with Gasteiger partial charge in [-0.2, -0.15) is 0 Å². The van der Waals surface area contributed by atoms with Gasteiger partial charge in [-0.15, -0.1) is 0 Å². The second kappa shape index (κ2) is 16.7. The predicted octanol–water partition coefficient (Wildman–Crippen LogP) is 6.31. The van der Waals surface area contributed by atoms with Gasteiger partial charge in [-0.25, -0.2) is 0 Å². The number of hydrogen-bond acceptors (Lipinski definition) is 2. The Morgan fingerprint density at radius 3 is 2.25 bits per heavy atom. The first-order valence-corrected chi connectivity index (χ1v) is 10.00. The molecule has 0 radical (unpaired) electrons. The van der Waals surface area contributed by atoms with Crippen LogP contribution < -0.4 is 0 Å². The number of carboxylic acids is 1. The molecule has 3 heteroatoms. The number of carbonyl (C=O) groups is 2. The normalized spacial score (nSPS) is 13.0. The van der Waals surface area contributed by atoms with E-state index < -0.39 is 11.9 Å². The molecule has 0 bridgehead atoms. The molecule has 24 heavy (non-hydrogen) atoms. The standard InChI is InChI=1S/C21H38O3/c1-3-5-6-7-8-9-11-14-19(4-2)15-12-10-13-16-20(17-18-22)21(23)24/h14,18,20H,3-13,15-17H2,1-2H3,(H,23,24). The highest BCUT2D eigenvalue weighted by Gasteiger charge is 2.15. The number of carboxylic acid groups (broad SMARTS) is 1. The summed E-state index contributed by atoms with van der Waals surface area (Å²) in [6, 6.07) is 0. The van der Waals surface area contributed by atoms with Gasteiger partial charge in [0.2, 0.25) is 0 Å². The average molecular weight is 339 g/mol. The molecule has 1 N–H and O–H groups in total. The van der Waals surface area contributed by atoms with Gasteiger partial charge >= 0.3 is 5.97 Å². The Bertz CT molecular complexity index is 347. The fourth-order valence-corrected chi connectivity index (χ4v) is 3.03. The largest absolute Gasteiger partial charge is 0.481 e. The molecule has 0 spiro atoms. The maximum absolute atomic E-state index is 11.0. The zero-order valence-electron chi connectivity index (χ0n) is 15.9. The van der Waals surface area contributed by atoms with E-state index in [0.29, 0.717) is 6.42 Å². The summed E-state index contributed by atoms with van der Waals surface area (Å²) in [5.41, 5.74) is 1.55. The van der Waals surface area contributed by atoms with Gasteiger partial charge in [-0.3, -0.25) is 4.79 Å². The summed E-state index contributed by atoms with van der Waals surface area (Å²) in [5.74, 6) is -1.33. The molecule has 1 unspecified atom stereocenters. The molecule has 0 aromatic carbocycles. The molecule has 0 aliphatic rings. The number of unbranched alkanes of at least 4 members (excludes halogenated alkanes) is 8. The number of hydrogen-bond donors (Lipinski definition) is 1. The van der Waals surface area contributed by atoms with Crippen LogP contribution in [0, 0.1) is 5.92 Å².